The minimum Gasteiger partial charge on any atom is -0.207 e. The molecule has 1 atom stereocenters. The predicted molar refractivity (Wildman–Crippen MR) is 73.5 cm³/mol. The van der Waals surface area contributed by atoms with E-state index in [-0.39, 0.29) is 6.04 Å². The fourth-order valence-corrected chi connectivity index (χ4v) is 4.38. The van der Waals surface area contributed by atoms with Crippen molar-refractivity contribution >= 4 is 26.0 Å². The summed E-state index contributed by atoms with van der Waals surface area (Å²) < 4.78 is 27.1. The lowest BCUT2D eigenvalue weighted by Crippen LogP contribution is -2.38. The Bertz CT molecular complexity index is 473. The Labute approximate surface area is 112 Å². The van der Waals surface area contributed by atoms with Crippen LogP contribution in [0, 0.1) is 0 Å². The van der Waals surface area contributed by atoms with Gasteiger partial charge in [0.2, 0.25) is 10.0 Å². The highest BCUT2D eigenvalue weighted by Crippen LogP contribution is 2.26. The molecule has 1 aromatic rings. The topological polar surface area (TPSA) is 37.4 Å². The molecule has 5 heteroatoms. The Kier molecular flexibility index (Phi) is 5.16. The van der Waals surface area contributed by atoms with E-state index in [4.69, 9.17) is 0 Å². The highest BCUT2D eigenvalue weighted by Gasteiger charge is 2.28. The van der Waals surface area contributed by atoms with Crippen LogP contribution in [0.25, 0.3) is 0 Å². The lowest BCUT2D eigenvalue weighted by atomic mass is 10.3. The van der Waals surface area contributed by atoms with Gasteiger partial charge in [0, 0.05) is 17.1 Å². The highest BCUT2D eigenvalue weighted by atomic mass is 79.9. The van der Waals surface area contributed by atoms with Gasteiger partial charge in [0.25, 0.3) is 0 Å². The Balaban J connectivity index is 3.23. The van der Waals surface area contributed by atoms with Crippen LogP contribution in [0.3, 0.4) is 0 Å². The largest absolute Gasteiger partial charge is 0.244 e. The molecule has 1 rings (SSSR count). The molecule has 0 N–H and O–H groups in total. The van der Waals surface area contributed by atoms with E-state index in [1.54, 1.807) is 18.2 Å². The first-order valence-corrected chi connectivity index (χ1v) is 7.94. The summed E-state index contributed by atoms with van der Waals surface area (Å²) >= 11 is 3.29. The Morgan fingerprint density at radius 3 is 2.35 bits per heavy atom. The second-order valence-corrected chi connectivity index (χ2v) is 6.61. The van der Waals surface area contributed by atoms with Crippen LogP contribution in [-0.2, 0) is 10.0 Å². The van der Waals surface area contributed by atoms with Gasteiger partial charge >= 0.3 is 0 Å². The normalized spacial score (nSPS) is 13.9. The van der Waals surface area contributed by atoms with E-state index < -0.39 is 10.0 Å². The Hall–Kier alpha value is -0.390. The maximum Gasteiger partial charge on any atom is 0.244 e. The number of halogens is 1. The number of nitrogens with zero attached hydrogens (tertiary/aromatic N) is 1. The van der Waals surface area contributed by atoms with Gasteiger partial charge in [0.15, 0.2) is 0 Å². The fourth-order valence-electron chi connectivity index (χ4n) is 1.70. The summed E-state index contributed by atoms with van der Waals surface area (Å²) in [5, 5.41) is 0. The van der Waals surface area contributed by atoms with Crippen molar-refractivity contribution < 1.29 is 8.42 Å². The monoisotopic (exact) mass is 319 g/mol. The summed E-state index contributed by atoms with van der Waals surface area (Å²) in [7, 11) is -3.41. The van der Waals surface area contributed by atoms with Crippen LogP contribution in [0.5, 0.6) is 0 Å². The molecule has 0 fully saturated rings. The van der Waals surface area contributed by atoms with Crippen LogP contribution >= 0.6 is 15.9 Å². The van der Waals surface area contributed by atoms with Gasteiger partial charge in [0.1, 0.15) is 0 Å². The fraction of sp³-hybridized carbons (Fsp3) is 0.500. The number of benzene rings is 1. The molecule has 0 heterocycles. The molecule has 0 aliphatic carbocycles. The molecule has 3 nitrogen and oxygen atoms in total. The van der Waals surface area contributed by atoms with E-state index in [2.05, 4.69) is 15.9 Å². The lowest BCUT2D eigenvalue weighted by molar-refractivity contribution is 0.342. The standard InChI is InChI=1S/C12H18BrNO2S/c1-4-10(3)14(5-2)17(15,16)12-9-7-6-8-11(12)13/h6-10H,4-5H2,1-3H3. The van der Waals surface area contributed by atoms with Gasteiger partial charge in [-0.1, -0.05) is 26.0 Å². The van der Waals surface area contributed by atoms with Gasteiger partial charge in [-0.15, -0.1) is 0 Å². The average molecular weight is 320 g/mol. The van der Waals surface area contributed by atoms with Crippen LogP contribution in [0.4, 0.5) is 0 Å². The first-order valence-electron chi connectivity index (χ1n) is 5.71. The Morgan fingerprint density at radius 2 is 1.88 bits per heavy atom. The summed E-state index contributed by atoms with van der Waals surface area (Å²) in [4.78, 5) is 0.335. The SMILES string of the molecule is CCC(C)N(CC)S(=O)(=O)c1ccccc1Br. The Morgan fingerprint density at radius 1 is 1.29 bits per heavy atom. The number of rotatable bonds is 5. The van der Waals surface area contributed by atoms with Crippen LogP contribution in [0.15, 0.2) is 33.6 Å². The molecule has 1 aromatic carbocycles. The minimum absolute atomic E-state index is 0.0112. The summed E-state index contributed by atoms with van der Waals surface area (Å²) in [6, 6.07) is 6.93. The van der Waals surface area contributed by atoms with Crippen LogP contribution in [-0.4, -0.2) is 25.3 Å². The number of hydrogen-bond donors (Lipinski definition) is 0. The zero-order chi connectivity index (χ0) is 13.1. The van der Waals surface area contributed by atoms with Gasteiger partial charge in [-0.05, 0) is 41.4 Å². The maximum absolute atomic E-state index is 12.5. The van der Waals surface area contributed by atoms with Gasteiger partial charge in [-0.3, -0.25) is 0 Å². The van der Waals surface area contributed by atoms with E-state index in [0.29, 0.717) is 15.9 Å². The quantitative estimate of drug-likeness (QED) is 0.835. The molecule has 1 unspecified atom stereocenters. The molecule has 0 radical (unpaired) electrons. The second kappa shape index (κ2) is 5.98. The van der Waals surface area contributed by atoms with Crippen molar-refractivity contribution in [3.05, 3.63) is 28.7 Å². The summed E-state index contributed by atoms with van der Waals surface area (Å²) in [5.74, 6) is 0. The molecule has 0 bridgehead atoms. The molecular weight excluding hydrogens is 302 g/mol. The first-order chi connectivity index (χ1) is 7.95. The zero-order valence-corrected chi connectivity index (χ0v) is 12.8. The minimum atomic E-state index is -3.41. The molecule has 96 valence electrons. The molecular formula is C12H18BrNO2S. The van der Waals surface area contributed by atoms with Crippen LogP contribution in [0.1, 0.15) is 27.2 Å². The van der Waals surface area contributed by atoms with E-state index in [0.717, 1.165) is 6.42 Å². The molecule has 0 saturated heterocycles. The third-order valence-corrected chi connectivity index (χ3v) is 5.92. The van der Waals surface area contributed by atoms with Crippen molar-refractivity contribution in [2.75, 3.05) is 6.54 Å². The van der Waals surface area contributed by atoms with Crippen molar-refractivity contribution in [3.8, 4) is 0 Å². The smallest absolute Gasteiger partial charge is 0.207 e. The van der Waals surface area contributed by atoms with Crippen molar-refractivity contribution in [2.45, 2.75) is 38.1 Å². The van der Waals surface area contributed by atoms with E-state index in [1.807, 2.05) is 26.8 Å². The van der Waals surface area contributed by atoms with Crippen molar-refractivity contribution in [2.24, 2.45) is 0 Å². The molecule has 0 aromatic heterocycles. The summed E-state index contributed by atoms with van der Waals surface area (Å²) in [5.41, 5.74) is 0. The third kappa shape index (κ3) is 3.09. The lowest BCUT2D eigenvalue weighted by Gasteiger charge is -2.26. The third-order valence-electron chi connectivity index (χ3n) is 2.82. The van der Waals surface area contributed by atoms with Crippen LogP contribution < -0.4 is 0 Å². The van der Waals surface area contributed by atoms with Gasteiger partial charge in [-0.2, -0.15) is 4.31 Å². The van der Waals surface area contributed by atoms with Crippen LogP contribution in [0.2, 0.25) is 0 Å². The number of hydrogen-bond acceptors (Lipinski definition) is 2. The molecule has 0 amide bonds. The summed E-state index contributed by atoms with van der Waals surface area (Å²) in [6.45, 7) is 6.26. The van der Waals surface area contributed by atoms with Crippen molar-refractivity contribution in [1.82, 2.24) is 4.31 Å². The molecule has 0 aliphatic rings. The van der Waals surface area contributed by atoms with Gasteiger partial charge in [-0.25, -0.2) is 8.42 Å². The zero-order valence-electron chi connectivity index (χ0n) is 10.4. The molecule has 0 aliphatic heterocycles. The van der Waals surface area contributed by atoms with Crippen molar-refractivity contribution in [1.29, 1.82) is 0 Å². The van der Waals surface area contributed by atoms with Gasteiger partial charge in [0.05, 0.1) is 4.90 Å². The van der Waals surface area contributed by atoms with E-state index in [1.165, 1.54) is 4.31 Å². The van der Waals surface area contributed by atoms with E-state index in [9.17, 15) is 8.42 Å². The molecule has 0 saturated carbocycles. The number of sulfonamides is 1. The molecule has 17 heavy (non-hydrogen) atoms. The molecule has 0 spiro atoms. The predicted octanol–water partition coefficient (Wildman–Crippen LogP) is 3.26. The van der Waals surface area contributed by atoms with Crippen molar-refractivity contribution in [3.63, 3.8) is 0 Å². The summed E-state index contributed by atoms with van der Waals surface area (Å²) in [6.07, 6.45) is 0.803. The maximum atomic E-state index is 12.5. The first kappa shape index (κ1) is 14.7. The highest BCUT2D eigenvalue weighted by molar-refractivity contribution is 9.10. The van der Waals surface area contributed by atoms with Gasteiger partial charge < -0.3 is 0 Å². The van der Waals surface area contributed by atoms with E-state index >= 15 is 0 Å². The second-order valence-electron chi connectivity index (χ2n) is 3.90. The average Bonchev–Trinajstić information content (AvgIpc) is 2.29.